The van der Waals surface area contributed by atoms with Crippen molar-refractivity contribution in [2.45, 2.75) is 50.5 Å². The Hall–Kier alpha value is -1.24. The Labute approximate surface area is 159 Å². The minimum absolute atomic E-state index is 0.182. The largest absolute Gasteiger partial charge is 0.292 e. The van der Waals surface area contributed by atoms with Gasteiger partial charge in [0.15, 0.2) is 5.78 Å². The maximum Gasteiger partial charge on any atom is 0.183 e. The monoisotopic (exact) mass is 388 g/mol. The molecule has 0 fully saturated rings. The van der Waals surface area contributed by atoms with Crippen molar-refractivity contribution in [1.29, 1.82) is 0 Å². The number of hydrogen-bond donors (Lipinski definition) is 0. The molecule has 0 N–H and O–H groups in total. The van der Waals surface area contributed by atoms with Crippen LogP contribution in [0.2, 0.25) is 0 Å². The van der Waals surface area contributed by atoms with Crippen molar-refractivity contribution >= 4 is 50.4 Å². The van der Waals surface area contributed by atoms with Crippen LogP contribution in [0.3, 0.4) is 0 Å². The molecule has 25 heavy (non-hydrogen) atoms. The number of thiophene rings is 2. The highest BCUT2D eigenvalue weighted by Gasteiger charge is 2.22. The highest BCUT2D eigenvalue weighted by Crippen LogP contribution is 2.40. The molecule has 1 aliphatic rings. The van der Waals surface area contributed by atoms with E-state index in [0.29, 0.717) is 5.75 Å². The van der Waals surface area contributed by atoms with E-state index in [1.54, 1.807) is 11.8 Å². The van der Waals surface area contributed by atoms with Gasteiger partial charge in [0.2, 0.25) is 0 Å². The number of thioether (sulfide) groups is 1. The molecule has 0 unspecified atom stereocenters. The molecule has 0 spiro atoms. The van der Waals surface area contributed by atoms with E-state index in [1.807, 2.05) is 28.8 Å². The van der Waals surface area contributed by atoms with Crippen molar-refractivity contribution in [3.8, 4) is 0 Å². The molecule has 0 radical (unpaired) electrons. The van der Waals surface area contributed by atoms with E-state index in [4.69, 9.17) is 9.97 Å². The molecule has 3 aromatic rings. The zero-order valence-corrected chi connectivity index (χ0v) is 16.8. The molecular formula is C19H20N2OS3. The summed E-state index contributed by atoms with van der Waals surface area (Å²) in [6, 6.07) is 3.83. The standard InChI is InChI=1S/C19H20N2OS3/c1-11(2)17-20-18(24-10-13(22)15-8-5-9-23-15)16-12-6-3-4-7-14(12)25-19(16)21-17/h5,8-9,11H,3-4,6-7,10H2,1-2H3. The molecule has 0 bridgehead atoms. The van der Waals surface area contributed by atoms with Crippen LogP contribution in [0.25, 0.3) is 10.2 Å². The average molecular weight is 389 g/mol. The van der Waals surface area contributed by atoms with Crippen LogP contribution in [0.15, 0.2) is 22.5 Å². The van der Waals surface area contributed by atoms with Crippen molar-refractivity contribution in [3.63, 3.8) is 0 Å². The normalized spacial score (nSPS) is 14.2. The molecule has 0 aromatic carbocycles. The summed E-state index contributed by atoms with van der Waals surface area (Å²) in [5.74, 6) is 1.80. The Kier molecular flexibility index (Phi) is 4.93. The number of ketones is 1. The summed E-state index contributed by atoms with van der Waals surface area (Å²) in [4.78, 5) is 25.5. The van der Waals surface area contributed by atoms with Crippen molar-refractivity contribution in [2.75, 3.05) is 5.75 Å². The van der Waals surface area contributed by atoms with Gasteiger partial charge in [0.25, 0.3) is 0 Å². The molecule has 3 heterocycles. The first-order chi connectivity index (χ1) is 12.1. The Morgan fingerprint density at radius 3 is 2.88 bits per heavy atom. The first-order valence-electron chi connectivity index (χ1n) is 8.65. The summed E-state index contributed by atoms with van der Waals surface area (Å²) in [5.41, 5.74) is 1.44. The van der Waals surface area contributed by atoms with Gasteiger partial charge in [-0.3, -0.25) is 4.79 Å². The molecule has 6 heteroatoms. The van der Waals surface area contributed by atoms with E-state index < -0.39 is 0 Å². The highest BCUT2D eigenvalue weighted by atomic mass is 32.2. The van der Waals surface area contributed by atoms with Crippen LogP contribution in [-0.2, 0) is 12.8 Å². The molecule has 3 nitrogen and oxygen atoms in total. The fraction of sp³-hybridized carbons (Fsp3) is 0.421. The van der Waals surface area contributed by atoms with E-state index >= 15 is 0 Å². The van der Waals surface area contributed by atoms with Gasteiger partial charge in [0, 0.05) is 16.2 Å². The van der Waals surface area contributed by atoms with Crippen LogP contribution in [-0.4, -0.2) is 21.5 Å². The fourth-order valence-corrected chi connectivity index (χ4v) is 6.18. The number of rotatable bonds is 5. The zero-order chi connectivity index (χ0) is 17.4. The first kappa shape index (κ1) is 17.2. The first-order valence-corrected chi connectivity index (χ1v) is 11.3. The summed E-state index contributed by atoms with van der Waals surface area (Å²) in [5, 5.41) is 4.17. The minimum Gasteiger partial charge on any atom is -0.292 e. The third-order valence-corrected chi connectivity index (χ3v) is 7.52. The Morgan fingerprint density at radius 2 is 2.12 bits per heavy atom. The number of carbonyl (C=O) groups is 1. The average Bonchev–Trinajstić information content (AvgIpc) is 3.26. The lowest BCUT2D eigenvalue weighted by atomic mass is 9.97. The number of carbonyl (C=O) groups excluding carboxylic acids is 1. The van der Waals surface area contributed by atoms with E-state index in [-0.39, 0.29) is 11.7 Å². The van der Waals surface area contributed by atoms with Crippen LogP contribution in [0.5, 0.6) is 0 Å². The van der Waals surface area contributed by atoms with Crippen molar-refractivity contribution in [2.24, 2.45) is 0 Å². The van der Waals surface area contributed by atoms with E-state index in [9.17, 15) is 4.79 Å². The molecule has 0 atom stereocenters. The van der Waals surface area contributed by atoms with Gasteiger partial charge in [-0.1, -0.05) is 31.7 Å². The lowest BCUT2D eigenvalue weighted by Crippen LogP contribution is -2.04. The summed E-state index contributed by atoms with van der Waals surface area (Å²) < 4.78 is 0. The SMILES string of the molecule is CC(C)c1nc(SCC(=O)c2cccs2)c2c3c(sc2n1)CCCC3. The second kappa shape index (κ2) is 7.17. The number of fused-ring (bicyclic) bond motifs is 3. The van der Waals surface area contributed by atoms with E-state index in [1.165, 1.54) is 40.0 Å². The number of aromatic nitrogens is 2. The third kappa shape index (κ3) is 3.39. The molecule has 0 saturated heterocycles. The maximum atomic E-state index is 12.4. The summed E-state index contributed by atoms with van der Waals surface area (Å²) in [7, 11) is 0. The minimum atomic E-state index is 0.182. The summed E-state index contributed by atoms with van der Waals surface area (Å²) >= 11 is 4.92. The lowest BCUT2D eigenvalue weighted by Gasteiger charge is -2.12. The van der Waals surface area contributed by atoms with E-state index in [0.717, 1.165) is 33.4 Å². The molecule has 0 saturated carbocycles. The quantitative estimate of drug-likeness (QED) is 0.318. The number of hydrogen-bond acceptors (Lipinski definition) is 6. The number of Topliss-reactive ketones (excluding diaryl/α,β-unsaturated/α-hetero) is 1. The van der Waals surface area contributed by atoms with Gasteiger partial charge in [-0.25, -0.2) is 9.97 Å². The molecule has 1 aliphatic carbocycles. The van der Waals surface area contributed by atoms with E-state index in [2.05, 4.69) is 13.8 Å². The molecule has 130 valence electrons. The molecule has 3 aromatic heterocycles. The highest BCUT2D eigenvalue weighted by molar-refractivity contribution is 8.00. The van der Waals surface area contributed by atoms with Gasteiger partial charge in [-0.15, -0.1) is 22.7 Å². The van der Waals surface area contributed by atoms with Crippen molar-refractivity contribution < 1.29 is 4.79 Å². The van der Waals surface area contributed by atoms with Gasteiger partial charge >= 0.3 is 0 Å². The van der Waals surface area contributed by atoms with Crippen LogP contribution >= 0.6 is 34.4 Å². The Balaban J connectivity index is 1.72. The smallest absolute Gasteiger partial charge is 0.183 e. The van der Waals surface area contributed by atoms with Crippen molar-refractivity contribution in [3.05, 3.63) is 38.7 Å². The van der Waals surface area contributed by atoms with Crippen LogP contribution in [0.1, 0.15) is 58.5 Å². The summed E-state index contributed by atoms with van der Waals surface area (Å²) in [6.07, 6.45) is 4.78. The van der Waals surface area contributed by atoms with Gasteiger partial charge in [0.1, 0.15) is 15.7 Å². The maximum absolute atomic E-state index is 12.4. The fourth-order valence-electron chi connectivity index (χ4n) is 3.14. The predicted octanol–water partition coefficient (Wildman–Crippen LogP) is 5.73. The third-order valence-electron chi connectivity index (χ3n) is 4.45. The number of nitrogens with zero attached hydrogens (tertiary/aromatic N) is 2. The number of aryl methyl sites for hydroxylation is 2. The molecule has 0 amide bonds. The lowest BCUT2D eigenvalue weighted by molar-refractivity contribution is 0.102. The van der Waals surface area contributed by atoms with Gasteiger partial charge in [-0.05, 0) is 42.7 Å². The van der Waals surface area contributed by atoms with Crippen LogP contribution in [0.4, 0.5) is 0 Å². The second-order valence-corrected chi connectivity index (χ2v) is 9.62. The van der Waals surface area contributed by atoms with Gasteiger partial charge < -0.3 is 0 Å². The van der Waals surface area contributed by atoms with Gasteiger partial charge in [0.05, 0.1) is 10.6 Å². The molecular weight excluding hydrogens is 368 g/mol. The van der Waals surface area contributed by atoms with Crippen LogP contribution < -0.4 is 0 Å². The zero-order valence-electron chi connectivity index (χ0n) is 14.4. The molecule has 4 rings (SSSR count). The Bertz CT molecular complexity index is 913. The predicted molar refractivity (Wildman–Crippen MR) is 108 cm³/mol. The topological polar surface area (TPSA) is 42.9 Å². The van der Waals surface area contributed by atoms with Crippen molar-refractivity contribution in [1.82, 2.24) is 9.97 Å². The van der Waals surface area contributed by atoms with Crippen LogP contribution in [0, 0.1) is 0 Å². The molecule has 0 aliphatic heterocycles. The Morgan fingerprint density at radius 1 is 1.28 bits per heavy atom. The second-order valence-electron chi connectivity index (χ2n) is 6.62. The van der Waals surface area contributed by atoms with Gasteiger partial charge in [-0.2, -0.15) is 0 Å². The summed E-state index contributed by atoms with van der Waals surface area (Å²) in [6.45, 7) is 4.25.